The SMILES string of the molecule is COc1ccc(Br)cc1[C@@H]1Nc2c(cccc2C(F)(F)F)[C@H]2C=CC[C@H]21. The maximum atomic E-state index is 13.6. The zero-order valence-electron chi connectivity index (χ0n) is 14.0. The van der Waals surface area contributed by atoms with Crippen molar-refractivity contribution >= 4 is 21.6 Å². The Bertz CT molecular complexity index is 878. The molecule has 26 heavy (non-hydrogen) atoms. The molecular weight excluding hydrogens is 407 g/mol. The molecule has 2 aromatic rings. The molecule has 0 saturated heterocycles. The van der Waals surface area contributed by atoms with Crippen LogP contribution in [0.5, 0.6) is 5.75 Å². The summed E-state index contributed by atoms with van der Waals surface area (Å²) in [6.07, 6.45) is 0.499. The Hall–Kier alpha value is -1.95. The lowest BCUT2D eigenvalue weighted by atomic mass is 9.76. The maximum Gasteiger partial charge on any atom is 0.418 e. The molecule has 6 heteroatoms. The molecule has 1 aliphatic carbocycles. The molecule has 0 amide bonds. The first-order valence-electron chi connectivity index (χ1n) is 8.37. The van der Waals surface area contributed by atoms with Gasteiger partial charge >= 0.3 is 6.18 Å². The van der Waals surface area contributed by atoms with Crippen molar-refractivity contribution in [1.82, 2.24) is 0 Å². The summed E-state index contributed by atoms with van der Waals surface area (Å²) in [5, 5.41) is 3.20. The van der Waals surface area contributed by atoms with E-state index in [1.165, 1.54) is 6.07 Å². The number of hydrogen-bond acceptors (Lipinski definition) is 2. The summed E-state index contributed by atoms with van der Waals surface area (Å²) in [6.45, 7) is 0. The molecule has 0 unspecified atom stereocenters. The van der Waals surface area contributed by atoms with Gasteiger partial charge in [-0.2, -0.15) is 13.2 Å². The van der Waals surface area contributed by atoms with Gasteiger partial charge in [-0.15, -0.1) is 0 Å². The molecule has 2 aromatic carbocycles. The number of alkyl halides is 3. The van der Waals surface area contributed by atoms with Crippen LogP contribution in [0.4, 0.5) is 18.9 Å². The molecular formula is C20H17BrF3NO. The zero-order chi connectivity index (χ0) is 18.5. The van der Waals surface area contributed by atoms with Crippen LogP contribution in [0.1, 0.15) is 35.1 Å². The third-order valence-electron chi connectivity index (χ3n) is 5.23. The van der Waals surface area contributed by atoms with E-state index in [1.54, 1.807) is 13.2 Å². The Labute approximate surface area is 158 Å². The first-order chi connectivity index (χ1) is 12.4. The number of halogens is 4. The largest absolute Gasteiger partial charge is 0.496 e. The first-order valence-corrected chi connectivity index (χ1v) is 9.16. The van der Waals surface area contributed by atoms with Crippen LogP contribution in [0, 0.1) is 5.92 Å². The van der Waals surface area contributed by atoms with Crippen molar-refractivity contribution in [1.29, 1.82) is 0 Å². The van der Waals surface area contributed by atoms with Gasteiger partial charge in [0, 0.05) is 16.0 Å². The van der Waals surface area contributed by atoms with E-state index in [1.807, 2.05) is 24.3 Å². The fourth-order valence-electron chi connectivity index (χ4n) is 4.11. The van der Waals surface area contributed by atoms with E-state index in [-0.39, 0.29) is 23.6 Å². The van der Waals surface area contributed by atoms with Crippen LogP contribution in [0.25, 0.3) is 0 Å². The Morgan fingerprint density at radius 3 is 2.69 bits per heavy atom. The van der Waals surface area contributed by atoms with Crippen LogP contribution in [0.15, 0.2) is 53.0 Å². The Morgan fingerprint density at radius 1 is 1.15 bits per heavy atom. The molecule has 0 radical (unpaired) electrons. The molecule has 3 atom stereocenters. The van der Waals surface area contributed by atoms with Gasteiger partial charge in [0.2, 0.25) is 0 Å². The number of ether oxygens (including phenoxy) is 1. The van der Waals surface area contributed by atoms with Gasteiger partial charge in [-0.3, -0.25) is 0 Å². The van der Waals surface area contributed by atoms with Gasteiger partial charge in [0.25, 0.3) is 0 Å². The summed E-state index contributed by atoms with van der Waals surface area (Å²) in [6, 6.07) is 9.78. The van der Waals surface area contributed by atoms with E-state index in [2.05, 4.69) is 27.3 Å². The van der Waals surface area contributed by atoms with Gasteiger partial charge in [-0.05, 0) is 42.2 Å². The highest BCUT2D eigenvalue weighted by atomic mass is 79.9. The monoisotopic (exact) mass is 423 g/mol. The minimum absolute atomic E-state index is 0.0396. The van der Waals surface area contributed by atoms with Gasteiger partial charge in [0.1, 0.15) is 5.75 Å². The third kappa shape index (κ3) is 2.80. The molecule has 1 heterocycles. The van der Waals surface area contributed by atoms with E-state index >= 15 is 0 Å². The molecule has 1 N–H and O–H groups in total. The lowest BCUT2D eigenvalue weighted by molar-refractivity contribution is -0.137. The number of fused-ring (bicyclic) bond motifs is 3. The number of benzene rings is 2. The van der Waals surface area contributed by atoms with E-state index < -0.39 is 11.7 Å². The average Bonchev–Trinajstić information content (AvgIpc) is 3.09. The number of para-hydroxylation sites is 1. The first kappa shape index (κ1) is 17.5. The lowest BCUT2D eigenvalue weighted by Gasteiger charge is -2.39. The van der Waals surface area contributed by atoms with Crippen molar-refractivity contribution in [3.63, 3.8) is 0 Å². The maximum absolute atomic E-state index is 13.6. The predicted molar refractivity (Wildman–Crippen MR) is 98.5 cm³/mol. The number of rotatable bonds is 2. The van der Waals surface area contributed by atoms with Gasteiger partial charge in [-0.1, -0.05) is 40.2 Å². The van der Waals surface area contributed by atoms with Crippen molar-refractivity contribution < 1.29 is 17.9 Å². The van der Waals surface area contributed by atoms with Crippen LogP contribution in [0.3, 0.4) is 0 Å². The van der Waals surface area contributed by atoms with Gasteiger partial charge < -0.3 is 10.1 Å². The van der Waals surface area contributed by atoms with E-state index in [0.29, 0.717) is 11.3 Å². The predicted octanol–water partition coefficient (Wildman–Crippen LogP) is 6.30. The lowest BCUT2D eigenvalue weighted by Crippen LogP contribution is -2.31. The third-order valence-corrected chi connectivity index (χ3v) is 5.72. The summed E-state index contributed by atoms with van der Waals surface area (Å²) in [5.41, 5.74) is 1.14. The topological polar surface area (TPSA) is 21.3 Å². The summed E-state index contributed by atoms with van der Waals surface area (Å²) in [7, 11) is 1.58. The van der Waals surface area contributed by atoms with E-state index in [0.717, 1.165) is 22.5 Å². The van der Waals surface area contributed by atoms with Crippen molar-refractivity contribution in [2.24, 2.45) is 5.92 Å². The molecule has 2 aliphatic rings. The zero-order valence-corrected chi connectivity index (χ0v) is 15.6. The molecule has 136 valence electrons. The normalized spacial score (nSPS) is 24.0. The number of hydrogen-bond donors (Lipinski definition) is 1. The Morgan fingerprint density at radius 2 is 1.96 bits per heavy atom. The molecule has 2 nitrogen and oxygen atoms in total. The van der Waals surface area contributed by atoms with Crippen molar-refractivity contribution in [2.75, 3.05) is 12.4 Å². The van der Waals surface area contributed by atoms with Crippen molar-refractivity contribution in [2.45, 2.75) is 24.6 Å². The van der Waals surface area contributed by atoms with Gasteiger partial charge in [-0.25, -0.2) is 0 Å². The smallest absolute Gasteiger partial charge is 0.418 e. The summed E-state index contributed by atoms with van der Waals surface area (Å²) in [5.74, 6) is 0.778. The van der Waals surface area contributed by atoms with Crippen molar-refractivity contribution in [3.8, 4) is 5.75 Å². The minimum atomic E-state index is -4.40. The second kappa shape index (κ2) is 6.34. The number of anilines is 1. The Kier molecular flexibility index (Phi) is 4.26. The average molecular weight is 424 g/mol. The number of allylic oxidation sites excluding steroid dienone is 2. The molecule has 1 aliphatic heterocycles. The van der Waals surface area contributed by atoms with Crippen LogP contribution >= 0.6 is 15.9 Å². The molecule has 4 rings (SSSR count). The van der Waals surface area contributed by atoms with Crippen molar-refractivity contribution in [3.05, 3.63) is 69.7 Å². The highest BCUT2D eigenvalue weighted by molar-refractivity contribution is 9.10. The summed E-state index contributed by atoms with van der Waals surface area (Å²) in [4.78, 5) is 0. The molecule has 0 spiro atoms. The van der Waals surface area contributed by atoms with Crippen LogP contribution in [0.2, 0.25) is 0 Å². The fourth-order valence-corrected chi connectivity index (χ4v) is 4.49. The van der Waals surface area contributed by atoms with Crippen LogP contribution < -0.4 is 10.1 Å². The second-order valence-corrected chi connectivity index (χ2v) is 7.55. The fraction of sp³-hybridized carbons (Fsp3) is 0.300. The molecule has 0 bridgehead atoms. The molecule has 0 saturated carbocycles. The standard InChI is InChI=1S/C20H17BrF3NO/c1-26-17-9-8-11(21)10-15(17)18-13-5-2-4-12(13)14-6-3-7-16(19(14)25-18)20(22,23)24/h2-4,6-10,12-13,18,25H,5H2,1H3/t12-,13+,18+/m0/s1. The van der Waals surface area contributed by atoms with Gasteiger partial charge in [0.05, 0.1) is 24.4 Å². The highest BCUT2D eigenvalue weighted by Crippen LogP contribution is 2.53. The quantitative estimate of drug-likeness (QED) is 0.571. The highest BCUT2D eigenvalue weighted by Gasteiger charge is 2.43. The Balaban J connectivity index is 1.88. The van der Waals surface area contributed by atoms with E-state index in [4.69, 9.17) is 4.74 Å². The van der Waals surface area contributed by atoms with E-state index in [9.17, 15) is 13.2 Å². The number of methoxy groups -OCH3 is 1. The second-order valence-electron chi connectivity index (χ2n) is 6.63. The molecule has 0 aromatic heterocycles. The number of nitrogens with one attached hydrogen (secondary N) is 1. The summed E-state index contributed by atoms with van der Waals surface area (Å²) < 4.78 is 47.1. The summed E-state index contributed by atoms with van der Waals surface area (Å²) >= 11 is 3.46. The van der Waals surface area contributed by atoms with Crippen LogP contribution in [-0.2, 0) is 6.18 Å². The minimum Gasteiger partial charge on any atom is -0.496 e. The van der Waals surface area contributed by atoms with Gasteiger partial charge in [0.15, 0.2) is 0 Å². The van der Waals surface area contributed by atoms with Crippen LogP contribution in [-0.4, -0.2) is 7.11 Å². The molecule has 0 fully saturated rings.